The van der Waals surface area contributed by atoms with Crippen LogP contribution in [0.25, 0.3) is 0 Å². The molecule has 0 unspecified atom stereocenters. The number of imidazole rings is 1. The lowest BCUT2D eigenvalue weighted by molar-refractivity contribution is 0.694. The quantitative estimate of drug-likeness (QED) is 0.590. The lowest BCUT2D eigenvalue weighted by Gasteiger charge is -1.99. The predicted molar refractivity (Wildman–Crippen MR) is 46.1 cm³/mol. The molecule has 1 heterocycles. The summed E-state index contributed by atoms with van der Waals surface area (Å²) in [5.74, 6) is 0. The van der Waals surface area contributed by atoms with Crippen LogP contribution >= 0.6 is 0 Å². The molecule has 0 aromatic carbocycles. The third kappa shape index (κ3) is 3.21. The molecule has 1 rings (SSSR count). The van der Waals surface area contributed by atoms with Crippen LogP contribution in [0.2, 0.25) is 0 Å². The van der Waals surface area contributed by atoms with E-state index in [1.165, 1.54) is 19.3 Å². The van der Waals surface area contributed by atoms with Crippen LogP contribution in [-0.4, -0.2) is 9.55 Å². The van der Waals surface area contributed by atoms with Gasteiger partial charge >= 0.3 is 0 Å². The van der Waals surface area contributed by atoms with Crippen LogP contribution in [0.15, 0.2) is 18.7 Å². The molecule has 0 amide bonds. The van der Waals surface area contributed by atoms with Crippen LogP contribution in [0.4, 0.5) is 0 Å². The monoisotopic (exact) mass is 151 g/mol. The Morgan fingerprint density at radius 1 is 1.55 bits per heavy atom. The van der Waals surface area contributed by atoms with E-state index < -0.39 is 0 Å². The molecule has 0 aliphatic carbocycles. The summed E-state index contributed by atoms with van der Waals surface area (Å²) in [5, 5.41) is 0. The van der Waals surface area contributed by atoms with Crippen molar-refractivity contribution in [1.29, 1.82) is 0 Å². The van der Waals surface area contributed by atoms with Crippen LogP contribution in [0.1, 0.15) is 26.2 Å². The molecule has 0 saturated carbocycles. The van der Waals surface area contributed by atoms with Gasteiger partial charge in [-0.25, -0.2) is 4.98 Å². The van der Waals surface area contributed by atoms with Crippen molar-refractivity contribution in [3.8, 4) is 0 Å². The van der Waals surface area contributed by atoms with Gasteiger partial charge in [0.25, 0.3) is 0 Å². The zero-order valence-electron chi connectivity index (χ0n) is 7.03. The van der Waals surface area contributed by atoms with E-state index in [0.717, 1.165) is 6.54 Å². The van der Waals surface area contributed by atoms with Crippen LogP contribution in [0.5, 0.6) is 0 Å². The van der Waals surface area contributed by atoms with Crippen molar-refractivity contribution in [2.24, 2.45) is 0 Å². The van der Waals surface area contributed by atoms with E-state index in [4.69, 9.17) is 0 Å². The van der Waals surface area contributed by atoms with Crippen molar-refractivity contribution in [2.75, 3.05) is 0 Å². The van der Waals surface area contributed by atoms with Crippen molar-refractivity contribution >= 4 is 0 Å². The molecule has 0 saturated heterocycles. The van der Waals surface area contributed by atoms with Crippen molar-refractivity contribution < 1.29 is 0 Å². The maximum Gasteiger partial charge on any atom is 0.0945 e. The third-order valence-corrected chi connectivity index (χ3v) is 1.66. The molecule has 1 aromatic rings. The first-order valence-corrected chi connectivity index (χ1v) is 4.21. The highest BCUT2D eigenvalue weighted by molar-refractivity contribution is 4.77. The molecule has 61 valence electrons. The number of hydrogen-bond donors (Lipinski definition) is 0. The fourth-order valence-corrected chi connectivity index (χ4v) is 0.984. The summed E-state index contributed by atoms with van der Waals surface area (Å²) >= 11 is 0. The fraction of sp³-hybridized carbons (Fsp3) is 0.556. The van der Waals surface area contributed by atoms with Gasteiger partial charge in [0.1, 0.15) is 0 Å². The Kier molecular flexibility index (Phi) is 3.73. The zero-order chi connectivity index (χ0) is 7.94. The summed E-state index contributed by atoms with van der Waals surface area (Å²) in [7, 11) is 0. The standard InChI is InChI=1S/C9H15N2/c1-2-3-4-5-7-11-8-6-10-9-11/h5-6,8-9H,2-4,7H2,1H3. The average molecular weight is 151 g/mol. The highest BCUT2D eigenvalue weighted by Crippen LogP contribution is 1.99. The maximum atomic E-state index is 3.96. The number of nitrogens with zero attached hydrogens (tertiary/aromatic N) is 2. The summed E-state index contributed by atoms with van der Waals surface area (Å²) in [6.07, 6.45) is 11.7. The molecule has 0 aliphatic rings. The van der Waals surface area contributed by atoms with Gasteiger partial charge in [0, 0.05) is 18.9 Å². The van der Waals surface area contributed by atoms with Crippen LogP contribution in [0.3, 0.4) is 0 Å². The largest absolute Gasteiger partial charge is 0.337 e. The third-order valence-electron chi connectivity index (χ3n) is 1.66. The van der Waals surface area contributed by atoms with Gasteiger partial charge in [-0.3, -0.25) is 0 Å². The molecule has 0 spiro atoms. The van der Waals surface area contributed by atoms with Crippen LogP contribution in [0, 0.1) is 6.42 Å². The molecular formula is C9H15N2. The highest BCUT2D eigenvalue weighted by atomic mass is 15.0. The minimum absolute atomic E-state index is 1.00. The number of rotatable bonds is 5. The molecule has 1 aromatic heterocycles. The lowest BCUT2D eigenvalue weighted by Crippen LogP contribution is -1.94. The lowest BCUT2D eigenvalue weighted by atomic mass is 10.2. The summed E-state index contributed by atoms with van der Waals surface area (Å²) in [5.41, 5.74) is 0. The molecule has 2 nitrogen and oxygen atoms in total. The minimum atomic E-state index is 1.00. The van der Waals surface area contributed by atoms with E-state index in [9.17, 15) is 0 Å². The van der Waals surface area contributed by atoms with Gasteiger partial charge in [-0.05, 0) is 12.8 Å². The summed E-state index contributed by atoms with van der Waals surface area (Å²) in [6, 6.07) is 0. The Labute approximate surface area is 68.3 Å². The Bertz CT molecular complexity index is 168. The van der Waals surface area contributed by atoms with E-state index >= 15 is 0 Å². The molecule has 0 bridgehead atoms. The molecule has 2 heteroatoms. The van der Waals surface area contributed by atoms with Crippen LogP contribution < -0.4 is 0 Å². The number of hydrogen-bond acceptors (Lipinski definition) is 1. The van der Waals surface area contributed by atoms with Gasteiger partial charge in [-0.2, -0.15) is 0 Å². The predicted octanol–water partition coefficient (Wildman–Crippen LogP) is 2.28. The Morgan fingerprint density at radius 2 is 2.45 bits per heavy atom. The SMILES string of the molecule is CCCC[CH]Cn1ccnc1. The zero-order valence-corrected chi connectivity index (χ0v) is 7.03. The average Bonchev–Trinajstić information content (AvgIpc) is 2.50. The van der Waals surface area contributed by atoms with Crippen molar-refractivity contribution in [3.05, 3.63) is 25.1 Å². The first kappa shape index (κ1) is 8.31. The number of aromatic nitrogens is 2. The molecular weight excluding hydrogens is 136 g/mol. The van der Waals surface area contributed by atoms with E-state index in [0.29, 0.717) is 0 Å². The molecule has 0 N–H and O–H groups in total. The van der Waals surface area contributed by atoms with E-state index in [-0.39, 0.29) is 0 Å². The molecule has 11 heavy (non-hydrogen) atoms. The van der Waals surface area contributed by atoms with Gasteiger partial charge in [-0.1, -0.05) is 19.8 Å². The van der Waals surface area contributed by atoms with E-state index in [1.807, 2.05) is 18.7 Å². The minimum Gasteiger partial charge on any atom is -0.337 e. The molecule has 1 radical (unpaired) electrons. The highest BCUT2D eigenvalue weighted by Gasteiger charge is 1.89. The van der Waals surface area contributed by atoms with Gasteiger partial charge in [0.05, 0.1) is 6.33 Å². The second kappa shape index (κ2) is 4.94. The van der Waals surface area contributed by atoms with Crippen molar-refractivity contribution in [2.45, 2.75) is 32.7 Å². The topological polar surface area (TPSA) is 17.8 Å². The second-order valence-electron chi connectivity index (χ2n) is 2.69. The summed E-state index contributed by atoms with van der Waals surface area (Å²) in [6.45, 7) is 3.21. The molecule has 0 aliphatic heterocycles. The van der Waals surface area contributed by atoms with Crippen LogP contribution in [-0.2, 0) is 6.54 Å². The smallest absolute Gasteiger partial charge is 0.0945 e. The molecule has 0 atom stereocenters. The Morgan fingerprint density at radius 3 is 3.09 bits per heavy atom. The van der Waals surface area contributed by atoms with E-state index in [1.54, 1.807) is 0 Å². The molecule has 0 fully saturated rings. The normalized spacial score (nSPS) is 10.3. The van der Waals surface area contributed by atoms with Gasteiger partial charge < -0.3 is 4.57 Å². The summed E-state index contributed by atoms with van der Waals surface area (Å²) in [4.78, 5) is 3.96. The number of unbranched alkanes of at least 4 members (excludes halogenated alkanes) is 3. The summed E-state index contributed by atoms with van der Waals surface area (Å²) < 4.78 is 2.08. The van der Waals surface area contributed by atoms with E-state index in [2.05, 4.69) is 22.9 Å². The van der Waals surface area contributed by atoms with Gasteiger partial charge in [0.15, 0.2) is 0 Å². The first-order valence-electron chi connectivity index (χ1n) is 4.21. The second-order valence-corrected chi connectivity index (χ2v) is 2.69. The van der Waals surface area contributed by atoms with Crippen molar-refractivity contribution in [3.63, 3.8) is 0 Å². The fourth-order valence-electron chi connectivity index (χ4n) is 0.984. The van der Waals surface area contributed by atoms with Gasteiger partial charge in [0.2, 0.25) is 0 Å². The van der Waals surface area contributed by atoms with Gasteiger partial charge in [-0.15, -0.1) is 0 Å². The first-order chi connectivity index (χ1) is 5.43. The van der Waals surface area contributed by atoms with Crippen molar-refractivity contribution in [1.82, 2.24) is 9.55 Å². The maximum absolute atomic E-state index is 3.96. The Hall–Kier alpha value is -0.790. The Balaban J connectivity index is 2.04.